The van der Waals surface area contributed by atoms with Gasteiger partial charge in [-0.25, -0.2) is 0 Å². The van der Waals surface area contributed by atoms with Crippen LogP contribution in [0.15, 0.2) is 36.4 Å². The Bertz CT molecular complexity index is 318. The number of allylic oxidation sites excluding steroid dienone is 2. The second-order valence-corrected chi connectivity index (χ2v) is 5.09. The Morgan fingerprint density at radius 1 is 0.833 bits per heavy atom. The van der Waals surface area contributed by atoms with Gasteiger partial charge in [-0.3, -0.25) is 0 Å². The quantitative estimate of drug-likeness (QED) is 0.385. The minimum Gasteiger partial charge on any atom is -0.0917 e. The molecule has 1 aromatic carbocycles. The Morgan fingerprint density at radius 3 is 2.06 bits per heavy atom. The van der Waals surface area contributed by atoms with E-state index in [2.05, 4.69) is 50.3 Å². The van der Waals surface area contributed by atoms with Crippen LogP contribution in [0.25, 0.3) is 0 Å². The Labute approximate surface area is 113 Å². The van der Waals surface area contributed by atoms with Crippen LogP contribution >= 0.6 is 0 Å². The van der Waals surface area contributed by atoms with Gasteiger partial charge in [0.1, 0.15) is 0 Å². The summed E-state index contributed by atoms with van der Waals surface area (Å²) in [4.78, 5) is 0. The predicted octanol–water partition coefficient (Wildman–Crippen LogP) is 5.71. The third kappa shape index (κ3) is 6.64. The molecule has 0 saturated heterocycles. The monoisotopic (exact) mass is 244 g/mol. The van der Waals surface area contributed by atoms with E-state index >= 15 is 0 Å². The first-order chi connectivity index (χ1) is 8.86. The molecule has 0 saturated carbocycles. The molecular formula is C18H28. The van der Waals surface area contributed by atoms with Crippen molar-refractivity contribution in [1.82, 2.24) is 0 Å². The van der Waals surface area contributed by atoms with Crippen LogP contribution in [0, 0.1) is 0 Å². The van der Waals surface area contributed by atoms with Crippen LogP contribution in [-0.2, 0) is 12.8 Å². The fraction of sp³-hybridized carbons (Fsp3) is 0.556. The van der Waals surface area contributed by atoms with Crippen LogP contribution in [0.1, 0.15) is 63.5 Å². The molecule has 0 amide bonds. The lowest BCUT2D eigenvalue weighted by molar-refractivity contribution is 0.632. The number of rotatable bonds is 9. The van der Waals surface area contributed by atoms with Gasteiger partial charge in [-0.1, -0.05) is 69.0 Å². The highest BCUT2D eigenvalue weighted by molar-refractivity contribution is 5.23. The van der Waals surface area contributed by atoms with Crippen molar-refractivity contribution in [2.75, 3.05) is 0 Å². The van der Waals surface area contributed by atoms with Gasteiger partial charge in [0, 0.05) is 0 Å². The lowest BCUT2D eigenvalue weighted by Gasteiger charge is -2.04. The zero-order valence-electron chi connectivity index (χ0n) is 12.1. The molecule has 0 fully saturated rings. The van der Waals surface area contributed by atoms with E-state index in [1.54, 1.807) is 0 Å². The zero-order chi connectivity index (χ0) is 13.1. The summed E-state index contributed by atoms with van der Waals surface area (Å²) in [6.45, 7) is 4.36. The zero-order valence-corrected chi connectivity index (χ0v) is 12.1. The maximum Gasteiger partial charge on any atom is -0.0244 e. The van der Waals surface area contributed by atoms with Crippen molar-refractivity contribution in [3.63, 3.8) is 0 Å². The maximum atomic E-state index is 2.31. The molecule has 1 aromatic rings. The number of hydrogen-bond acceptors (Lipinski definition) is 0. The lowest BCUT2D eigenvalue weighted by Crippen LogP contribution is -1.88. The van der Waals surface area contributed by atoms with E-state index in [1.807, 2.05) is 0 Å². The van der Waals surface area contributed by atoms with Crippen molar-refractivity contribution in [3.8, 4) is 0 Å². The molecule has 0 aliphatic heterocycles. The second kappa shape index (κ2) is 9.94. The molecule has 0 heteroatoms. The number of aryl methyl sites for hydroxylation is 2. The topological polar surface area (TPSA) is 0 Å². The molecule has 0 spiro atoms. The molecule has 0 bridgehead atoms. The van der Waals surface area contributed by atoms with Crippen LogP contribution in [0.3, 0.4) is 0 Å². The van der Waals surface area contributed by atoms with E-state index in [4.69, 9.17) is 0 Å². The highest BCUT2D eigenvalue weighted by atomic mass is 14.0. The van der Waals surface area contributed by atoms with E-state index < -0.39 is 0 Å². The first-order valence-electron chi connectivity index (χ1n) is 7.55. The van der Waals surface area contributed by atoms with Crippen LogP contribution < -0.4 is 0 Å². The SMILES string of the molecule is CC=CCCc1ccc(CCCCCCC)cc1. The normalized spacial score (nSPS) is 11.2. The van der Waals surface area contributed by atoms with E-state index in [1.165, 1.54) is 56.1 Å². The van der Waals surface area contributed by atoms with Crippen molar-refractivity contribution in [1.29, 1.82) is 0 Å². The molecule has 0 aliphatic carbocycles. The van der Waals surface area contributed by atoms with Crippen molar-refractivity contribution in [3.05, 3.63) is 47.5 Å². The first kappa shape index (κ1) is 15.0. The fourth-order valence-electron chi connectivity index (χ4n) is 2.22. The highest BCUT2D eigenvalue weighted by Crippen LogP contribution is 2.11. The summed E-state index contributed by atoms with van der Waals surface area (Å²) in [6.07, 6.45) is 14.8. The highest BCUT2D eigenvalue weighted by Gasteiger charge is 1.95. The number of benzene rings is 1. The number of unbranched alkanes of at least 4 members (excludes halogenated alkanes) is 4. The van der Waals surface area contributed by atoms with Gasteiger partial charge < -0.3 is 0 Å². The third-order valence-corrected chi connectivity index (χ3v) is 3.43. The maximum absolute atomic E-state index is 2.31. The molecule has 0 radical (unpaired) electrons. The van der Waals surface area contributed by atoms with Gasteiger partial charge in [0.2, 0.25) is 0 Å². The van der Waals surface area contributed by atoms with E-state index in [9.17, 15) is 0 Å². The summed E-state index contributed by atoms with van der Waals surface area (Å²) >= 11 is 0. The summed E-state index contributed by atoms with van der Waals surface area (Å²) in [7, 11) is 0. The molecule has 18 heavy (non-hydrogen) atoms. The van der Waals surface area contributed by atoms with Gasteiger partial charge in [0.05, 0.1) is 0 Å². The molecule has 0 aromatic heterocycles. The minimum atomic E-state index is 1.16. The van der Waals surface area contributed by atoms with Crippen LogP contribution in [0.5, 0.6) is 0 Å². The predicted molar refractivity (Wildman–Crippen MR) is 82.0 cm³/mol. The van der Waals surface area contributed by atoms with Crippen molar-refractivity contribution >= 4 is 0 Å². The van der Waals surface area contributed by atoms with E-state index in [0.717, 1.165) is 6.42 Å². The van der Waals surface area contributed by atoms with Gasteiger partial charge >= 0.3 is 0 Å². The smallest absolute Gasteiger partial charge is 0.0244 e. The minimum absolute atomic E-state index is 1.16. The standard InChI is InChI=1S/C18H28/c1-3-5-7-8-10-12-18-15-13-17(14-16-18)11-9-6-4-2/h4,6,13-16H,3,5,7-12H2,1-2H3. The Balaban J connectivity index is 2.23. The molecule has 0 heterocycles. The fourth-order valence-corrected chi connectivity index (χ4v) is 2.22. The molecule has 0 atom stereocenters. The van der Waals surface area contributed by atoms with Crippen LogP contribution in [0.4, 0.5) is 0 Å². The molecule has 1 rings (SSSR count). The van der Waals surface area contributed by atoms with E-state index in [-0.39, 0.29) is 0 Å². The summed E-state index contributed by atoms with van der Waals surface area (Å²) in [5, 5.41) is 0. The molecule has 0 nitrogen and oxygen atoms in total. The lowest BCUT2D eigenvalue weighted by atomic mass is 10.0. The molecular weight excluding hydrogens is 216 g/mol. The Morgan fingerprint density at radius 2 is 1.44 bits per heavy atom. The van der Waals surface area contributed by atoms with Gasteiger partial charge in [-0.2, -0.15) is 0 Å². The largest absolute Gasteiger partial charge is 0.0917 e. The van der Waals surface area contributed by atoms with Crippen molar-refractivity contribution < 1.29 is 0 Å². The third-order valence-electron chi connectivity index (χ3n) is 3.43. The summed E-state index contributed by atoms with van der Waals surface area (Å²) in [5.74, 6) is 0. The van der Waals surface area contributed by atoms with Crippen LogP contribution in [0.2, 0.25) is 0 Å². The van der Waals surface area contributed by atoms with Crippen molar-refractivity contribution in [2.45, 2.75) is 65.2 Å². The summed E-state index contributed by atoms with van der Waals surface area (Å²) < 4.78 is 0. The Kier molecular flexibility index (Phi) is 8.29. The van der Waals surface area contributed by atoms with Gasteiger partial charge in [0.15, 0.2) is 0 Å². The average molecular weight is 244 g/mol. The second-order valence-electron chi connectivity index (χ2n) is 5.09. The Hall–Kier alpha value is -1.04. The summed E-state index contributed by atoms with van der Waals surface area (Å²) in [6, 6.07) is 9.21. The van der Waals surface area contributed by atoms with E-state index in [0.29, 0.717) is 0 Å². The number of hydrogen-bond donors (Lipinski definition) is 0. The first-order valence-corrected chi connectivity index (χ1v) is 7.55. The average Bonchev–Trinajstić information content (AvgIpc) is 2.40. The summed E-state index contributed by atoms with van der Waals surface area (Å²) in [5.41, 5.74) is 2.96. The molecule has 100 valence electrons. The molecule has 0 aliphatic rings. The van der Waals surface area contributed by atoms with Gasteiger partial charge in [0.25, 0.3) is 0 Å². The van der Waals surface area contributed by atoms with Crippen LogP contribution in [-0.4, -0.2) is 0 Å². The molecule has 0 unspecified atom stereocenters. The van der Waals surface area contributed by atoms with Crippen molar-refractivity contribution in [2.24, 2.45) is 0 Å². The van der Waals surface area contributed by atoms with Gasteiger partial charge in [-0.15, -0.1) is 0 Å². The van der Waals surface area contributed by atoms with Gasteiger partial charge in [-0.05, 0) is 43.7 Å². The molecule has 0 N–H and O–H groups in total.